The Morgan fingerprint density at radius 1 is 1.33 bits per heavy atom. The molecule has 0 aliphatic carbocycles. The standard InChI is InChI=1S/C17H20N2O4S/c1-11-15(24-14(18-11)10-23-3)16(20)19(2)13(17(21)22)9-12-7-5-4-6-8-12/h4-8,13H,9-10H2,1-3H3,(H,21,22). The van der Waals surface area contributed by atoms with Crippen LogP contribution in [0.15, 0.2) is 30.3 Å². The number of methoxy groups -OCH3 is 1. The van der Waals surface area contributed by atoms with Crippen molar-refractivity contribution >= 4 is 23.2 Å². The van der Waals surface area contributed by atoms with Crippen LogP contribution in [0, 0.1) is 6.92 Å². The molecule has 2 aromatic rings. The Morgan fingerprint density at radius 3 is 2.58 bits per heavy atom. The molecule has 0 saturated heterocycles. The topological polar surface area (TPSA) is 79.7 Å². The molecular weight excluding hydrogens is 328 g/mol. The second-order valence-corrected chi connectivity index (χ2v) is 6.50. The van der Waals surface area contributed by atoms with Gasteiger partial charge in [0.15, 0.2) is 0 Å². The van der Waals surface area contributed by atoms with Crippen molar-refractivity contribution in [2.45, 2.75) is 26.0 Å². The van der Waals surface area contributed by atoms with Crippen molar-refractivity contribution in [2.75, 3.05) is 14.2 Å². The Kier molecular flexibility index (Phi) is 6.05. The number of amides is 1. The first-order valence-corrected chi connectivity index (χ1v) is 8.24. The van der Waals surface area contributed by atoms with E-state index < -0.39 is 12.0 Å². The van der Waals surface area contributed by atoms with Gasteiger partial charge in [-0.25, -0.2) is 9.78 Å². The average Bonchev–Trinajstić information content (AvgIpc) is 2.93. The largest absolute Gasteiger partial charge is 0.480 e. The molecule has 24 heavy (non-hydrogen) atoms. The van der Waals surface area contributed by atoms with Gasteiger partial charge in [0, 0.05) is 20.6 Å². The van der Waals surface area contributed by atoms with E-state index in [1.54, 1.807) is 14.0 Å². The van der Waals surface area contributed by atoms with Crippen molar-refractivity contribution in [1.29, 1.82) is 0 Å². The first-order valence-electron chi connectivity index (χ1n) is 7.43. The maximum Gasteiger partial charge on any atom is 0.326 e. The zero-order valence-corrected chi connectivity index (χ0v) is 14.7. The predicted molar refractivity (Wildman–Crippen MR) is 91.2 cm³/mol. The highest BCUT2D eigenvalue weighted by atomic mass is 32.1. The lowest BCUT2D eigenvalue weighted by Gasteiger charge is -2.24. The molecule has 0 bridgehead atoms. The zero-order valence-electron chi connectivity index (χ0n) is 13.9. The first kappa shape index (κ1) is 18.1. The van der Waals surface area contributed by atoms with E-state index in [9.17, 15) is 14.7 Å². The molecule has 128 valence electrons. The van der Waals surface area contributed by atoms with Gasteiger partial charge in [0.05, 0.1) is 12.3 Å². The van der Waals surface area contributed by atoms with Crippen LogP contribution < -0.4 is 0 Å². The fraction of sp³-hybridized carbons (Fsp3) is 0.353. The number of benzene rings is 1. The summed E-state index contributed by atoms with van der Waals surface area (Å²) in [6.07, 6.45) is 0.251. The van der Waals surface area contributed by atoms with Gasteiger partial charge < -0.3 is 14.7 Å². The molecule has 0 spiro atoms. The molecule has 1 atom stereocenters. The number of rotatable bonds is 7. The van der Waals surface area contributed by atoms with Crippen molar-refractivity contribution < 1.29 is 19.4 Å². The number of likely N-dealkylation sites (N-methyl/N-ethyl adjacent to an activating group) is 1. The molecule has 2 rings (SSSR count). The Hall–Kier alpha value is -2.25. The summed E-state index contributed by atoms with van der Waals surface area (Å²) in [4.78, 5) is 30.4. The number of nitrogens with zero attached hydrogens (tertiary/aromatic N) is 2. The Balaban J connectivity index is 2.21. The third-order valence-corrected chi connectivity index (χ3v) is 4.77. The van der Waals surface area contributed by atoms with Gasteiger partial charge in [-0.05, 0) is 12.5 Å². The Labute approximate surface area is 144 Å². The van der Waals surface area contributed by atoms with Crippen LogP contribution in [0.4, 0.5) is 0 Å². The van der Waals surface area contributed by atoms with E-state index >= 15 is 0 Å². The van der Waals surface area contributed by atoms with Gasteiger partial charge in [-0.1, -0.05) is 30.3 Å². The Bertz CT molecular complexity index is 715. The van der Waals surface area contributed by atoms with Crippen LogP contribution in [0.1, 0.15) is 25.9 Å². The van der Waals surface area contributed by atoms with Crippen LogP contribution >= 0.6 is 11.3 Å². The van der Waals surface area contributed by atoms with Gasteiger partial charge in [-0.15, -0.1) is 11.3 Å². The molecule has 0 aliphatic heterocycles. The van der Waals surface area contributed by atoms with Gasteiger partial charge in [-0.2, -0.15) is 0 Å². The van der Waals surface area contributed by atoms with Crippen molar-refractivity contribution in [3.8, 4) is 0 Å². The van der Waals surface area contributed by atoms with Gasteiger partial charge in [0.2, 0.25) is 0 Å². The van der Waals surface area contributed by atoms with Crippen LogP contribution in [0.3, 0.4) is 0 Å². The summed E-state index contributed by atoms with van der Waals surface area (Å²) in [5.41, 5.74) is 1.46. The van der Waals surface area contributed by atoms with Crippen molar-refractivity contribution in [3.63, 3.8) is 0 Å². The van der Waals surface area contributed by atoms with Gasteiger partial charge in [0.25, 0.3) is 5.91 Å². The molecule has 0 radical (unpaired) electrons. The highest BCUT2D eigenvalue weighted by Crippen LogP contribution is 2.22. The minimum absolute atomic E-state index is 0.251. The monoisotopic (exact) mass is 348 g/mol. The van der Waals surface area contributed by atoms with Crippen molar-refractivity contribution in [1.82, 2.24) is 9.88 Å². The summed E-state index contributed by atoms with van der Waals surface area (Å²) < 4.78 is 5.03. The fourth-order valence-electron chi connectivity index (χ4n) is 2.36. The maximum absolute atomic E-state index is 12.7. The molecule has 1 aromatic carbocycles. The highest BCUT2D eigenvalue weighted by Gasteiger charge is 2.29. The minimum Gasteiger partial charge on any atom is -0.480 e. The number of carbonyl (C=O) groups is 2. The lowest BCUT2D eigenvalue weighted by molar-refractivity contribution is -0.141. The summed E-state index contributed by atoms with van der Waals surface area (Å²) in [6.45, 7) is 2.07. The first-order chi connectivity index (χ1) is 11.4. The molecule has 1 amide bonds. The number of aryl methyl sites for hydroxylation is 1. The fourth-order valence-corrected chi connectivity index (χ4v) is 3.38. The molecule has 6 nitrogen and oxygen atoms in total. The lowest BCUT2D eigenvalue weighted by Crippen LogP contribution is -2.43. The molecule has 0 fully saturated rings. The number of aromatic nitrogens is 1. The molecular formula is C17H20N2O4S. The zero-order chi connectivity index (χ0) is 17.7. The van der Waals surface area contributed by atoms with Crippen molar-refractivity contribution in [3.05, 3.63) is 51.5 Å². The number of carboxylic acids is 1. The number of carbonyl (C=O) groups excluding carboxylic acids is 1. The quantitative estimate of drug-likeness (QED) is 0.831. The normalized spacial score (nSPS) is 12.0. The molecule has 7 heteroatoms. The SMILES string of the molecule is COCc1nc(C)c(C(=O)N(C)C(Cc2ccccc2)C(=O)O)s1. The van der Waals surface area contributed by atoms with Gasteiger partial charge >= 0.3 is 5.97 Å². The van der Waals surface area contributed by atoms with Gasteiger partial charge in [0.1, 0.15) is 15.9 Å². The number of hydrogen-bond acceptors (Lipinski definition) is 5. The van der Waals surface area contributed by atoms with Gasteiger partial charge in [-0.3, -0.25) is 4.79 Å². The third kappa shape index (κ3) is 4.18. The lowest BCUT2D eigenvalue weighted by atomic mass is 10.0. The summed E-state index contributed by atoms with van der Waals surface area (Å²) in [5.74, 6) is -1.37. The molecule has 0 saturated carbocycles. The minimum atomic E-state index is -1.03. The number of aliphatic carboxylic acids is 1. The number of hydrogen-bond donors (Lipinski definition) is 1. The van der Waals surface area contributed by atoms with E-state index in [4.69, 9.17) is 4.74 Å². The number of thiazole rings is 1. The molecule has 1 unspecified atom stereocenters. The van der Waals surface area contributed by atoms with Crippen LogP contribution in [-0.2, 0) is 22.6 Å². The third-order valence-electron chi connectivity index (χ3n) is 3.65. The molecule has 0 aliphatic rings. The summed E-state index contributed by atoms with van der Waals surface area (Å²) in [5, 5.41) is 10.2. The summed E-state index contributed by atoms with van der Waals surface area (Å²) in [6, 6.07) is 8.32. The molecule has 1 N–H and O–H groups in total. The molecule has 1 heterocycles. The molecule has 1 aromatic heterocycles. The Morgan fingerprint density at radius 2 is 2.00 bits per heavy atom. The number of ether oxygens (including phenoxy) is 1. The second-order valence-electron chi connectivity index (χ2n) is 5.41. The van der Waals surface area contributed by atoms with E-state index in [1.165, 1.54) is 23.3 Å². The smallest absolute Gasteiger partial charge is 0.326 e. The van der Waals surface area contributed by atoms with Crippen LogP contribution in [0.25, 0.3) is 0 Å². The highest BCUT2D eigenvalue weighted by molar-refractivity contribution is 7.13. The summed E-state index contributed by atoms with van der Waals surface area (Å²) >= 11 is 1.24. The van der Waals surface area contributed by atoms with E-state index in [0.717, 1.165) is 5.56 Å². The summed E-state index contributed by atoms with van der Waals surface area (Å²) in [7, 11) is 3.07. The van der Waals surface area contributed by atoms with E-state index in [-0.39, 0.29) is 12.3 Å². The van der Waals surface area contributed by atoms with E-state index in [2.05, 4.69) is 4.98 Å². The number of carboxylic acid groups (broad SMARTS) is 1. The van der Waals surface area contributed by atoms with Crippen molar-refractivity contribution in [2.24, 2.45) is 0 Å². The van der Waals surface area contributed by atoms with Crippen LogP contribution in [-0.4, -0.2) is 47.1 Å². The maximum atomic E-state index is 12.7. The second kappa shape index (κ2) is 8.03. The average molecular weight is 348 g/mol. The predicted octanol–water partition coefficient (Wildman–Crippen LogP) is 2.37. The van der Waals surface area contributed by atoms with E-state index in [1.807, 2.05) is 30.3 Å². The van der Waals surface area contributed by atoms with E-state index in [0.29, 0.717) is 22.2 Å². The van der Waals surface area contributed by atoms with Crippen LogP contribution in [0.2, 0.25) is 0 Å². The van der Waals surface area contributed by atoms with Crippen LogP contribution in [0.5, 0.6) is 0 Å².